The van der Waals surface area contributed by atoms with Crippen molar-refractivity contribution in [2.45, 2.75) is 13.3 Å². The lowest BCUT2D eigenvalue weighted by atomic mass is 9.95. The molecule has 3 heterocycles. The van der Waals surface area contributed by atoms with Gasteiger partial charge in [-0.2, -0.15) is 5.10 Å². The molecule has 0 amide bonds. The molecule has 5 heteroatoms. The van der Waals surface area contributed by atoms with Crippen molar-refractivity contribution < 1.29 is 9.47 Å². The van der Waals surface area contributed by atoms with Gasteiger partial charge in [0.25, 0.3) is 0 Å². The summed E-state index contributed by atoms with van der Waals surface area (Å²) < 4.78 is 13.0. The molecular formula is C21H15N3O2. The molecular weight excluding hydrogens is 326 g/mol. The zero-order chi connectivity index (χ0) is 17.5. The zero-order valence-corrected chi connectivity index (χ0v) is 14.2. The summed E-state index contributed by atoms with van der Waals surface area (Å²) in [6.45, 7) is 2.06. The second-order valence-corrected chi connectivity index (χ2v) is 6.12. The highest BCUT2D eigenvalue weighted by Gasteiger charge is 2.24. The third-order valence-corrected chi connectivity index (χ3v) is 4.47. The molecule has 0 spiro atoms. The molecule has 0 saturated heterocycles. The van der Waals surface area contributed by atoms with Gasteiger partial charge in [0.1, 0.15) is 11.5 Å². The van der Waals surface area contributed by atoms with Crippen LogP contribution in [0, 0.1) is 11.8 Å². The number of aromatic nitrogens is 2. The Morgan fingerprint density at radius 2 is 1.88 bits per heavy atom. The van der Waals surface area contributed by atoms with E-state index in [9.17, 15) is 0 Å². The second-order valence-electron chi connectivity index (χ2n) is 6.12. The Bertz CT molecular complexity index is 1100. The van der Waals surface area contributed by atoms with Crippen molar-refractivity contribution in [2.75, 3.05) is 6.79 Å². The number of ether oxygens (including phenoxy) is 2. The summed E-state index contributed by atoms with van der Waals surface area (Å²) in [7, 11) is 0. The van der Waals surface area contributed by atoms with E-state index >= 15 is 0 Å². The first kappa shape index (κ1) is 14.8. The highest BCUT2D eigenvalue weighted by molar-refractivity contribution is 6.14. The lowest BCUT2D eigenvalue weighted by Crippen LogP contribution is -2.06. The van der Waals surface area contributed by atoms with Gasteiger partial charge in [-0.25, -0.2) is 9.66 Å². The van der Waals surface area contributed by atoms with Crippen molar-refractivity contribution in [3.63, 3.8) is 0 Å². The van der Waals surface area contributed by atoms with Crippen molar-refractivity contribution in [3.05, 3.63) is 76.9 Å². The van der Waals surface area contributed by atoms with Gasteiger partial charge in [-0.3, -0.25) is 0 Å². The van der Waals surface area contributed by atoms with Gasteiger partial charge >= 0.3 is 0 Å². The Morgan fingerprint density at radius 3 is 2.69 bits per heavy atom. The fraction of sp³-hybridized carbons (Fsp3) is 0.143. The molecule has 1 aromatic heterocycles. The van der Waals surface area contributed by atoms with Crippen molar-refractivity contribution in [1.82, 2.24) is 9.66 Å². The normalized spacial score (nSPS) is 13.8. The predicted molar refractivity (Wildman–Crippen MR) is 97.6 cm³/mol. The van der Waals surface area contributed by atoms with E-state index in [1.807, 2.05) is 41.2 Å². The molecule has 0 atom stereocenters. The fourth-order valence-corrected chi connectivity index (χ4v) is 3.30. The first-order valence-corrected chi connectivity index (χ1v) is 8.40. The predicted octanol–water partition coefficient (Wildman–Crippen LogP) is 3.19. The van der Waals surface area contributed by atoms with Crippen LogP contribution in [0.2, 0.25) is 0 Å². The molecule has 0 aliphatic carbocycles. The monoisotopic (exact) mass is 341 g/mol. The highest BCUT2D eigenvalue weighted by atomic mass is 16.7. The Hall–Kier alpha value is -3.52. The van der Waals surface area contributed by atoms with Crippen molar-refractivity contribution in [3.8, 4) is 23.3 Å². The van der Waals surface area contributed by atoms with E-state index in [1.165, 1.54) is 0 Å². The van der Waals surface area contributed by atoms with Gasteiger partial charge in [0, 0.05) is 17.5 Å². The molecule has 5 nitrogen and oxygen atoms in total. The van der Waals surface area contributed by atoms with Crippen molar-refractivity contribution in [2.24, 2.45) is 5.10 Å². The maximum atomic E-state index is 5.58. The molecule has 0 N–H and O–H groups in total. The summed E-state index contributed by atoms with van der Waals surface area (Å²) in [4.78, 5) is 4.63. The molecule has 126 valence electrons. The number of hydrogen-bond acceptors (Lipinski definition) is 4. The van der Waals surface area contributed by atoms with E-state index in [1.54, 1.807) is 6.92 Å². The molecule has 2 aliphatic rings. The summed E-state index contributed by atoms with van der Waals surface area (Å²) in [6, 6.07) is 14.2. The third kappa shape index (κ3) is 2.35. The van der Waals surface area contributed by atoms with Crippen LogP contribution in [0.15, 0.2) is 53.8 Å². The molecule has 2 aromatic carbocycles. The van der Waals surface area contributed by atoms with E-state index in [0.717, 1.165) is 45.4 Å². The van der Waals surface area contributed by atoms with Crippen LogP contribution >= 0.6 is 0 Å². The number of rotatable bonds is 1. The van der Waals surface area contributed by atoms with Crippen LogP contribution in [0.5, 0.6) is 11.5 Å². The van der Waals surface area contributed by atoms with Gasteiger partial charge < -0.3 is 9.47 Å². The maximum absolute atomic E-state index is 5.58. The van der Waals surface area contributed by atoms with Gasteiger partial charge in [0.05, 0.1) is 11.9 Å². The minimum Gasteiger partial charge on any atom is -0.454 e. The molecule has 5 rings (SSSR count). The zero-order valence-electron chi connectivity index (χ0n) is 14.2. The standard InChI is InChI=1S/C21H15N3O2/c1-2-6-16-12-24-20(22-16)10-15-9-18-19(26-13-25-18)11-17(15)21(23-24)14-7-4-3-5-8-14/h3-5,7-9,11-12H,10,13H2,1H3. The van der Waals surface area contributed by atoms with Crippen LogP contribution in [0.25, 0.3) is 0 Å². The van der Waals surface area contributed by atoms with Crippen LogP contribution < -0.4 is 9.47 Å². The Balaban J connectivity index is 1.76. The number of benzene rings is 2. The number of hydrogen-bond donors (Lipinski definition) is 0. The Labute approximate surface area is 150 Å². The third-order valence-electron chi connectivity index (χ3n) is 4.47. The van der Waals surface area contributed by atoms with Crippen LogP contribution in [0.1, 0.15) is 35.1 Å². The summed E-state index contributed by atoms with van der Waals surface area (Å²) in [5.74, 6) is 8.28. The first-order chi connectivity index (χ1) is 12.8. The van der Waals surface area contributed by atoms with E-state index < -0.39 is 0 Å². The lowest BCUT2D eigenvalue weighted by Gasteiger charge is -2.10. The van der Waals surface area contributed by atoms with E-state index in [4.69, 9.17) is 14.6 Å². The minimum atomic E-state index is 0.251. The Morgan fingerprint density at radius 1 is 1.08 bits per heavy atom. The highest BCUT2D eigenvalue weighted by Crippen LogP contribution is 2.37. The molecule has 0 saturated carbocycles. The topological polar surface area (TPSA) is 48.6 Å². The summed E-state index contributed by atoms with van der Waals surface area (Å²) in [5.41, 5.74) is 4.79. The largest absolute Gasteiger partial charge is 0.454 e. The Kier molecular flexibility index (Phi) is 3.29. The number of nitrogens with zero attached hydrogens (tertiary/aromatic N) is 3. The van der Waals surface area contributed by atoms with E-state index in [2.05, 4.69) is 29.0 Å². The molecule has 26 heavy (non-hydrogen) atoms. The molecule has 0 radical (unpaired) electrons. The van der Waals surface area contributed by atoms with Crippen molar-refractivity contribution in [1.29, 1.82) is 0 Å². The van der Waals surface area contributed by atoms with Gasteiger partial charge in [-0.15, -0.1) is 0 Å². The van der Waals surface area contributed by atoms with Crippen LogP contribution in [0.4, 0.5) is 0 Å². The average Bonchev–Trinajstić information content (AvgIpc) is 3.23. The second kappa shape index (κ2) is 5.78. The smallest absolute Gasteiger partial charge is 0.231 e. The molecule has 2 aliphatic heterocycles. The summed E-state index contributed by atoms with van der Waals surface area (Å²) in [6.07, 6.45) is 2.53. The molecule has 3 aromatic rings. The van der Waals surface area contributed by atoms with Gasteiger partial charge in [-0.05, 0) is 30.5 Å². The van der Waals surface area contributed by atoms with Gasteiger partial charge in [-0.1, -0.05) is 36.3 Å². The van der Waals surface area contributed by atoms with Gasteiger partial charge in [0.15, 0.2) is 11.5 Å². The number of fused-ring (bicyclic) bond motifs is 3. The van der Waals surface area contributed by atoms with E-state index in [0.29, 0.717) is 6.42 Å². The minimum absolute atomic E-state index is 0.251. The van der Waals surface area contributed by atoms with Crippen LogP contribution in [-0.2, 0) is 6.42 Å². The van der Waals surface area contributed by atoms with Crippen LogP contribution in [-0.4, -0.2) is 22.2 Å². The fourth-order valence-electron chi connectivity index (χ4n) is 3.30. The molecule has 0 unspecified atom stereocenters. The SMILES string of the molecule is CC#Cc1cn2c(n1)Cc1cc3c(cc1C(c1ccccc1)=N2)OCO3. The first-order valence-electron chi connectivity index (χ1n) is 8.40. The maximum Gasteiger partial charge on any atom is 0.231 e. The molecule has 0 bridgehead atoms. The average molecular weight is 341 g/mol. The lowest BCUT2D eigenvalue weighted by molar-refractivity contribution is 0.174. The van der Waals surface area contributed by atoms with Crippen LogP contribution in [0.3, 0.4) is 0 Å². The summed E-state index contributed by atoms with van der Waals surface area (Å²) in [5, 5.41) is 4.89. The van der Waals surface area contributed by atoms with Gasteiger partial charge in [0.2, 0.25) is 6.79 Å². The van der Waals surface area contributed by atoms with E-state index in [-0.39, 0.29) is 6.79 Å². The number of imidazole rings is 1. The van der Waals surface area contributed by atoms with Crippen molar-refractivity contribution >= 4 is 5.71 Å². The summed E-state index contributed by atoms with van der Waals surface area (Å²) >= 11 is 0. The molecule has 0 fully saturated rings. The quantitative estimate of drug-likeness (QED) is 0.500.